The van der Waals surface area contributed by atoms with Crippen molar-refractivity contribution in [2.45, 2.75) is 43.4 Å². The smallest absolute Gasteiger partial charge is 0.197 e. The largest absolute Gasteiger partial charge is 0.328 e. The van der Waals surface area contributed by atoms with Crippen LogP contribution in [0.5, 0.6) is 0 Å². The quantitative estimate of drug-likeness (QED) is 0.911. The first-order valence-electron chi connectivity index (χ1n) is 6.22. The molecule has 0 amide bonds. The summed E-state index contributed by atoms with van der Waals surface area (Å²) in [5, 5.41) is 14.7. The van der Waals surface area contributed by atoms with Gasteiger partial charge in [0.05, 0.1) is 5.69 Å². The van der Waals surface area contributed by atoms with Crippen molar-refractivity contribution in [3.05, 3.63) is 17.1 Å². The van der Waals surface area contributed by atoms with Crippen molar-refractivity contribution in [2.24, 2.45) is 19.8 Å². The third kappa shape index (κ3) is 2.82. The fourth-order valence-electron chi connectivity index (χ4n) is 1.93. The summed E-state index contributed by atoms with van der Waals surface area (Å²) < 4.78 is 3.87. The van der Waals surface area contributed by atoms with Crippen LogP contribution >= 0.6 is 11.8 Å². The predicted molar refractivity (Wildman–Crippen MR) is 75.2 cm³/mol. The van der Waals surface area contributed by atoms with Gasteiger partial charge in [-0.05, 0) is 39.0 Å². The van der Waals surface area contributed by atoms with Gasteiger partial charge in [0.25, 0.3) is 0 Å². The Balaban J connectivity index is 2.36. The number of hydrogen-bond acceptors (Lipinski definition) is 5. The van der Waals surface area contributed by atoms with E-state index in [0.29, 0.717) is 0 Å². The Kier molecular flexibility index (Phi) is 3.96. The second kappa shape index (κ2) is 5.34. The van der Waals surface area contributed by atoms with Crippen molar-refractivity contribution in [1.82, 2.24) is 24.5 Å². The third-order valence-corrected chi connectivity index (χ3v) is 4.30. The Bertz CT molecular complexity index is 583. The molecular formula is C12H20N6S. The maximum absolute atomic E-state index is 5.92. The molecule has 1 unspecified atom stereocenters. The molecule has 0 saturated heterocycles. The van der Waals surface area contributed by atoms with Gasteiger partial charge in [0.2, 0.25) is 0 Å². The maximum atomic E-state index is 5.92. The number of rotatable bonds is 4. The van der Waals surface area contributed by atoms with Crippen molar-refractivity contribution in [1.29, 1.82) is 0 Å². The van der Waals surface area contributed by atoms with E-state index in [0.717, 1.165) is 28.1 Å². The fourth-order valence-corrected chi connectivity index (χ4v) is 2.98. The number of nitrogens with zero attached hydrogens (tertiary/aromatic N) is 5. The van der Waals surface area contributed by atoms with Crippen LogP contribution < -0.4 is 5.73 Å². The third-order valence-electron chi connectivity index (χ3n) is 3.06. The molecule has 19 heavy (non-hydrogen) atoms. The van der Waals surface area contributed by atoms with Crippen molar-refractivity contribution in [2.75, 3.05) is 0 Å². The molecule has 2 heterocycles. The summed E-state index contributed by atoms with van der Waals surface area (Å²) in [7, 11) is 3.91. The molecular weight excluding hydrogens is 260 g/mol. The van der Waals surface area contributed by atoms with Gasteiger partial charge in [-0.15, -0.1) is 10.2 Å². The van der Waals surface area contributed by atoms with E-state index in [-0.39, 0.29) is 6.04 Å². The first kappa shape index (κ1) is 14.1. The van der Waals surface area contributed by atoms with Crippen LogP contribution in [-0.2, 0) is 20.5 Å². The van der Waals surface area contributed by atoms with Gasteiger partial charge < -0.3 is 10.3 Å². The molecule has 2 rings (SSSR count). The van der Waals surface area contributed by atoms with E-state index in [9.17, 15) is 0 Å². The molecule has 0 aliphatic rings. The van der Waals surface area contributed by atoms with Crippen LogP contribution in [0.15, 0.2) is 10.2 Å². The van der Waals surface area contributed by atoms with Gasteiger partial charge in [0.15, 0.2) is 5.16 Å². The monoisotopic (exact) mass is 280 g/mol. The van der Waals surface area contributed by atoms with Crippen LogP contribution in [0.3, 0.4) is 0 Å². The minimum atomic E-state index is 0.114. The lowest BCUT2D eigenvalue weighted by Crippen LogP contribution is -2.18. The standard InChI is InChI=1S/C12H20N6S/c1-7(13)6-10-8(2)16-18(5)11(10)19-12-15-14-9(3)17(12)4/h7H,6,13H2,1-5H3. The Labute approximate surface area is 117 Å². The maximum Gasteiger partial charge on any atom is 0.197 e. The second-order valence-corrected chi connectivity index (χ2v) is 5.82. The zero-order valence-electron chi connectivity index (χ0n) is 12.0. The van der Waals surface area contributed by atoms with Gasteiger partial charge in [-0.3, -0.25) is 4.68 Å². The average Bonchev–Trinajstić information content (AvgIpc) is 2.76. The zero-order chi connectivity index (χ0) is 14.2. The van der Waals surface area contributed by atoms with Gasteiger partial charge in [-0.1, -0.05) is 0 Å². The molecule has 2 aromatic rings. The van der Waals surface area contributed by atoms with Crippen LogP contribution in [0.1, 0.15) is 24.0 Å². The molecule has 0 aliphatic carbocycles. The Morgan fingerprint density at radius 2 is 1.95 bits per heavy atom. The lowest BCUT2D eigenvalue weighted by atomic mass is 10.1. The van der Waals surface area contributed by atoms with Gasteiger partial charge in [0.1, 0.15) is 10.9 Å². The Morgan fingerprint density at radius 3 is 2.47 bits per heavy atom. The molecule has 1 atom stereocenters. The SMILES string of the molecule is Cc1nn(C)c(Sc2nnc(C)n2C)c1CC(C)N. The molecule has 7 heteroatoms. The molecule has 0 aliphatic heterocycles. The highest BCUT2D eigenvalue weighted by Crippen LogP contribution is 2.31. The molecule has 0 spiro atoms. The van der Waals surface area contributed by atoms with E-state index in [4.69, 9.17) is 5.73 Å². The highest BCUT2D eigenvalue weighted by Gasteiger charge is 2.18. The molecule has 0 fully saturated rings. The highest BCUT2D eigenvalue weighted by atomic mass is 32.2. The molecule has 2 aromatic heterocycles. The summed E-state index contributed by atoms with van der Waals surface area (Å²) in [6.07, 6.45) is 0.818. The van der Waals surface area contributed by atoms with E-state index in [1.807, 2.05) is 44.1 Å². The molecule has 0 aromatic carbocycles. The van der Waals surface area contributed by atoms with Crippen LogP contribution in [0.4, 0.5) is 0 Å². The summed E-state index contributed by atoms with van der Waals surface area (Å²) in [5.74, 6) is 0.898. The number of aryl methyl sites for hydroxylation is 3. The van der Waals surface area contributed by atoms with Crippen molar-refractivity contribution >= 4 is 11.8 Å². The average molecular weight is 280 g/mol. The summed E-state index contributed by atoms with van der Waals surface area (Å²) in [6, 6.07) is 0.114. The molecule has 6 nitrogen and oxygen atoms in total. The predicted octanol–water partition coefficient (Wildman–Crippen LogP) is 1.21. The summed E-state index contributed by atoms with van der Waals surface area (Å²) in [4.78, 5) is 0. The summed E-state index contributed by atoms with van der Waals surface area (Å²) >= 11 is 1.59. The van der Waals surface area contributed by atoms with Crippen LogP contribution in [-0.4, -0.2) is 30.6 Å². The minimum absolute atomic E-state index is 0.114. The Morgan fingerprint density at radius 1 is 1.26 bits per heavy atom. The van der Waals surface area contributed by atoms with Crippen LogP contribution in [0.25, 0.3) is 0 Å². The first-order chi connectivity index (χ1) is 8.90. The lowest BCUT2D eigenvalue weighted by Gasteiger charge is -2.08. The summed E-state index contributed by atoms with van der Waals surface area (Å²) in [5.41, 5.74) is 8.15. The molecule has 0 radical (unpaired) electrons. The van der Waals surface area contributed by atoms with Crippen molar-refractivity contribution in [3.8, 4) is 0 Å². The topological polar surface area (TPSA) is 74.5 Å². The van der Waals surface area contributed by atoms with Crippen molar-refractivity contribution < 1.29 is 0 Å². The van der Waals surface area contributed by atoms with E-state index >= 15 is 0 Å². The van der Waals surface area contributed by atoms with E-state index < -0.39 is 0 Å². The number of aromatic nitrogens is 5. The van der Waals surface area contributed by atoms with Gasteiger partial charge >= 0.3 is 0 Å². The Hall–Kier alpha value is -1.34. The van der Waals surface area contributed by atoms with Gasteiger partial charge in [-0.2, -0.15) is 5.10 Å². The molecule has 0 saturated carbocycles. The highest BCUT2D eigenvalue weighted by molar-refractivity contribution is 7.99. The normalized spacial score (nSPS) is 12.9. The van der Waals surface area contributed by atoms with E-state index in [1.165, 1.54) is 5.56 Å². The first-order valence-corrected chi connectivity index (χ1v) is 7.03. The fraction of sp³-hybridized carbons (Fsp3) is 0.583. The van der Waals surface area contributed by atoms with Crippen LogP contribution in [0, 0.1) is 13.8 Å². The molecule has 2 N–H and O–H groups in total. The minimum Gasteiger partial charge on any atom is -0.328 e. The van der Waals surface area contributed by atoms with Gasteiger partial charge in [0, 0.05) is 25.7 Å². The number of nitrogens with two attached hydrogens (primary N) is 1. The summed E-state index contributed by atoms with van der Waals surface area (Å²) in [6.45, 7) is 5.96. The zero-order valence-corrected chi connectivity index (χ0v) is 12.8. The van der Waals surface area contributed by atoms with E-state index in [2.05, 4.69) is 15.3 Å². The molecule has 0 bridgehead atoms. The van der Waals surface area contributed by atoms with Crippen molar-refractivity contribution in [3.63, 3.8) is 0 Å². The van der Waals surface area contributed by atoms with E-state index in [1.54, 1.807) is 11.8 Å². The van der Waals surface area contributed by atoms with Crippen LogP contribution in [0.2, 0.25) is 0 Å². The number of hydrogen-bond donors (Lipinski definition) is 1. The lowest BCUT2D eigenvalue weighted by molar-refractivity contribution is 0.673. The second-order valence-electron chi connectivity index (χ2n) is 4.86. The molecule has 104 valence electrons. The van der Waals surface area contributed by atoms with Gasteiger partial charge in [-0.25, -0.2) is 0 Å².